The van der Waals surface area contributed by atoms with Gasteiger partial charge in [0, 0.05) is 6.42 Å². The molecule has 1 N–H and O–H groups in total. The Morgan fingerprint density at radius 2 is 2.19 bits per heavy atom. The van der Waals surface area contributed by atoms with Crippen molar-refractivity contribution < 1.29 is 9.18 Å². The van der Waals surface area contributed by atoms with Crippen LogP contribution in [0, 0.1) is 5.82 Å². The van der Waals surface area contributed by atoms with Gasteiger partial charge in [-0.05, 0) is 37.6 Å². The normalized spacial score (nSPS) is 25.8. The Kier molecular flexibility index (Phi) is 3.06. The monoisotopic (exact) mass is 221 g/mol. The van der Waals surface area contributed by atoms with Gasteiger partial charge in [0.2, 0.25) is 0 Å². The number of nitrogens with one attached hydrogen (secondary N) is 1. The van der Waals surface area contributed by atoms with Crippen LogP contribution < -0.4 is 5.32 Å². The van der Waals surface area contributed by atoms with E-state index in [0.717, 1.165) is 24.8 Å². The van der Waals surface area contributed by atoms with Crippen molar-refractivity contribution in [3.05, 3.63) is 35.6 Å². The van der Waals surface area contributed by atoms with E-state index in [4.69, 9.17) is 0 Å². The van der Waals surface area contributed by atoms with Crippen LogP contribution in [-0.2, 0) is 10.3 Å². The molecule has 0 aromatic heterocycles. The van der Waals surface area contributed by atoms with E-state index in [2.05, 4.69) is 5.32 Å². The van der Waals surface area contributed by atoms with Gasteiger partial charge in [-0.25, -0.2) is 4.39 Å². The van der Waals surface area contributed by atoms with Crippen molar-refractivity contribution in [1.29, 1.82) is 0 Å². The number of rotatable bonds is 2. The highest BCUT2D eigenvalue weighted by Crippen LogP contribution is 2.34. The van der Waals surface area contributed by atoms with Gasteiger partial charge in [0.15, 0.2) is 5.78 Å². The van der Waals surface area contributed by atoms with E-state index in [1.807, 2.05) is 6.07 Å². The Hall–Kier alpha value is -1.22. The van der Waals surface area contributed by atoms with Crippen molar-refractivity contribution in [2.75, 3.05) is 7.05 Å². The van der Waals surface area contributed by atoms with Crippen LogP contribution in [0.1, 0.15) is 31.2 Å². The summed E-state index contributed by atoms with van der Waals surface area (Å²) < 4.78 is 13.2. The van der Waals surface area contributed by atoms with Crippen molar-refractivity contribution >= 4 is 5.78 Å². The van der Waals surface area contributed by atoms with Crippen LogP contribution >= 0.6 is 0 Å². The highest BCUT2D eigenvalue weighted by Gasteiger charge is 2.39. The van der Waals surface area contributed by atoms with E-state index in [1.165, 1.54) is 12.1 Å². The number of benzene rings is 1. The molecule has 2 nitrogen and oxygen atoms in total. The average Bonchev–Trinajstić information content (AvgIpc) is 2.30. The van der Waals surface area contributed by atoms with Gasteiger partial charge >= 0.3 is 0 Å². The summed E-state index contributed by atoms with van der Waals surface area (Å²) in [5.74, 6) is -0.114. The third-order valence-corrected chi connectivity index (χ3v) is 3.43. The zero-order valence-corrected chi connectivity index (χ0v) is 9.42. The fraction of sp³-hybridized carbons (Fsp3) is 0.462. The van der Waals surface area contributed by atoms with Crippen molar-refractivity contribution in [2.45, 2.75) is 31.2 Å². The van der Waals surface area contributed by atoms with Crippen molar-refractivity contribution in [3.63, 3.8) is 0 Å². The van der Waals surface area contributed by atoms with Gasteiger partial charge in [0.05, 0.1) is 0 Å². The van der Waals surface area contributed by atoms with Crippen LogP contribution in [0.2, 0.25) is 0 Å². The smallest absolute Gasteiger partial charge is 0.157 e. The summed E-state index contributed by atoms with van der Waals surface area (Å²) in [6, 6.07) is 6.34. The van der Waals surface area contributed by atoms with E-state index in [0.29, 0.717) is 6.42 Å². The molecular formula is C13H16FNO. The van der Waals surface area contributed by atoms with E-state index in [1.54, 1.807) is 13.1 Å². The molecule has 1 fully saturated rings. The highest BCUT2D eigenvalue weighted by atomic mass is 19.1. The summed E-state index contributed by atoms with van der Waals surface area (Å²) in [4.78, 5) is 12.1. The second-order valence-electron chi connectivity index (χ2n) is 4.30. The lowest BCUT2D eigenvalue weighted by molar-refractivity contribution is -0.127. The molecule has 2 rings (SSSR count). The maximum absolute atomic E-state index is 13.2. The maximum Gasteiger partial charge on any atom is 0.157 e. The molecule has 0 saturated heterocycles. The molecule has 0 heterocycles. The molecule has 0 aliphatic heterocycles. The summed E-state index contributed by atoms with van der Waals surface area (Å²) in [6.45, 7) is 0. The summed E-state index contributed by atoms with van der Waals surface area (Å²) in [5.41, 5.74) is 0.0834. The van der Waals surface area contributed by atoms with Crippen LogP contribution in [0.5, 0.6) is 0 Å². The Labute approximate surface area is 94.9 Å². The second-order valence-corrected chi connectivity index (χ2v) is 4.30. The van der Waals surface area contributed by atoms with Crippen molar-refractivity contribution in [2.24, 2.45) is 0 Å². The predicted octanol–water partition coefficient (Wildman–Crippen LogP) is 2.38. The number of hydrogen-bond acceptors (Lipinski definition) is 2. The largest absolute Gasteiger partial charge is 0.304 e. The number of carbonyl (C=O) groups excluding carboxylic acids is 1. The minimum atomic E-state index is -0.666. The average molecular weight is 221 g/mol. The van der Waals surface area contributed by atoms with Crippen LogP contribution in [0.15, 0.2) is 24.3 Å². The molecule has 0 amide bonds. The minimum absolute atomic E-state index is 0.173. The molecule has 1 aromatic rings. The molecule has 0 spiro atoms. The zero-order chi connectivity index (χ0) is 11.6. The van der Waals surface area contributed by atoms with Crippen LogP contribution in [-0.4, -0.2) is 12.8 Å². The fourth-order valence-corrected chi connectivity index (χ4v) is 2.50. The zero-order valence-electron chi connectivity index (χ0n) is 9.42. The van der Waals surface area contributed by atoms with Gasteiger partial charge in [-0.15, -0.1) is 0 Å². The van der Waals surface area contributed by atoms with Crippen LogP contribution in [0.25, 0.3) is 0 Å². The first-order valence-electron chi connectivity index (χ1n) is 5.67. The number of carbonyl (C=O) groups is 1. The van der Waals surface area contributed by atoms with E-state index in [9.17, 15) is 9.18 Å². The molecule has 1 aromatic carbocycles. The molecule has 3 heteroatoms. The standard InChI is InChI=1S/C13H16FNO/c1-15-13(8-3-2-7-12(13)16)10-5-4-6-11(14)9-10/h4-6,9,15H,2-3,7-8H2,1H3. The third kappa shape index (κ3) is 1.76. The first-order chi connectivity index (χ1) is 7.69. The highest BCUT2D eigenvalue weighted by molar-refractivity contribution is 5.90. The molecule has 16 heavy (non-hydrogen) atoms. The Morgan fingerprint density at radius 3 is 2.81 bits per heavy atom. The van der Waals surface area contributed by atoms with E-state index in [-0.39, 0.29) is 11.6 Å². The molecule has 0 radical (unpaired) electrons. The van der Waals surface area contributed by atoms with Gasteiger partial charge in [0.1, 0.15) is 11.4 Å². The van der Waals surface area contributed by atoms with E-state index < -0.39 is 5.54 Å². The van der Waals surface area contributed by atoms with E-state index >= 15 is 0 Å². The van der Waals surface area contributed by atoms with Gasteiger partial charge in [0.25, 0.3) is 0 Å². The van der Waals surface area contributed by atoms with Crippen molar-refractivity contribution in [1.82, 2.24) is 5.32 Å². The lowest BCUT2D eigenvalue weighted by atomic mass is 9.75. The summed E-state index contributed by atoms with van der Waals surface area (Å²) >= 11 is 0. The second kappa shape index (κ2) is 4.34. The summed E-state index contributed by atoms with van der Waals surface area (Å²) in [5, 5.41) is 3.09. The Morgan fingerprint density at radius 1 is 1.38 bits per heavy atom. The van der Waals surface area contributed by atoms with Crippen LogP contribution in [0.4, 0.5) is 4.39 Å². The number of likely N-dealkylation sites (N-methyl/N-ethyl adjacent to an activating group) is 1. The number of Topliss-reactive ketones (excluding diaryl/α,β-unsaturated/α-hetero) is 1. The SMILES string of the molecule is CNC1(c2cccc(F)c2)CCCCC1=O. The Balaban J connectivity index is 2.44. The number of halogens is 1. The molecule has 1 aliphatic rings. The summed E-state index contributed by atoms with van der Waals surface area (Å²) in [6.07, 6.45) is 3.28. The van der Waals surface area contributed by atoms with Gasteiger partial charge < -0.3 is 5.32 Å². The quantitative estimate of drug-likeness (QED) is 0.830. The first kappa shape index (κ1) is 11.3. The fourth-order valence-electron chi connectivity index (χ4n) is 2.50. The molecule has 86 valence electrons. The molecule has 1 unspecified atom stereocenters. The van der Waals surface area contributed by atoms with Gasteiger partial charge in [-0.1, -0.05) is 18.6 Å². The molecule has 0 bridgehead atoms. The molecule has 1 atom stereocenters. The van der Waals surface area contributed by atoms with Crippen molar-refractivity contribution in [3.8, 4) is 0 Å². The number of ketones is 1. The topological polar surface area (TPSA) is 29.1 Å². The summed E-state index contributed by atoms with van der Waals surface area (Å²) in [7, 11) is 1.77. The lowest BCUT2D eigenvalue weighted by Gasteiger charge is -2.36. The molecular weight excluding hydrogens is 205 g/mol. The molecule has 1 aliphatic carbocycles. The molecule has 1 saturated carbocycles. The lowest BCUT2D eigenvalue weighted by Crippen LogP contribution is -2.49. The Bertz CT molecular complexity index is 405. The maximum atomic E-state index is 13.2. The van der Waals surface area contributed by atoms with Crippen LogP contribution in [0.3, 0.4) is 0 Å². The van der Waals surface area contributed by atoms with Gasteiger partial charge in [-0.2, -0.15) is 0 Å². The predicted molar refractivity (Wildman–Crippen MR) is 60.6 cm³/mol. The third-order valence-electron chi connectivity index (χ3n) is 3.43. The van der Waals surface area contributed by atoms with Gasteiger partial charge in [-0.3, -0.25) is 4.79 Å². The number of hydrogen-bond donors (Lipinski definition) is 1. The first-order valence-corrected chi connectivity index (χ1v) is 5.67. The minimum Gasteiger partial charge on any atom is -0.304 e.